The van der Waals surface area contributed by atoms with E-state index in [9.17, 15) is 4.79 Å². The molecule has 0 radical (unpaired) electrons. The van der Waals surface area contributed by atoms with Crippen molar-refractivity contribution in [2.75, 3.05) is 5.32 Å². The van der Waals surface area contributed by atoms with E-state index >= 15 is 0 Å². The molecule has 0 spiro atoms. The fourth-order valence-electron chi connectivity index (χ4n) is 3.40. The Labute approximate surface area is 170 Å². The number of nitrogens with one attached hydrogen (secondary N) is 1. The van der Waals surface area contributed by atoms with Gasteiger partial charge in [-0.25, -0.2) is 0 Å². The van der Waals surface area contributed by atoms with Crippen LogP contribution in [0.25, 0.3) is 11.4 Å². The molecule has 2 aromatic carbocycles. The number of nitrogens with two attached hydrogens (primary N) is 1. The molecule has 7 heteroatoms. The van der Waals surface area contributed by atoms with E-state index in [1.54, 1.807) is 12.1 Å². The van der Waals surface area contributed by atoms with Crippen molar-refractivity contribution in [3.05, 3.63) is 65.5 Å². The molecule has 3 aromatic rings. The number of aryl methyl sites for hydroxylation is 1. The van der Waals surface area contributed by atoms with Crippen molar-refractivity contribution >= 4 is 24.0 Å². The Kier molecular flexibility index (Phi) is 6.44. The summed E-state index contributed by atoms with van der Waals surface area (Å²) in [6, 6.07) is 15.1. The average Bonchev–Trinajstić information content (AvgIpc) is 2.96. The highest BCUT2D eigenvalue weighted by Crippen LogP contribution is 2.24. The molecule has 0 unspecified atom stereocenters. The molecule has 0 fully saturated rings. The number of anilines is 1. The minimum Gasteiger partial charge on any atom is -0.326 e. The van der Waals surface area contributed by atoms with Crippen molar-refractivity contribution in [2.24, 2.45) is 5.73 Å². The third-order valence-corrected chi connectivity index (χ3v) is 4.96. The first kappa shape index (κ1) is 20.0. The summed E-state index contributed by atoms with van der Waals surface area (Å²) in [5, 5.41) is 11.7. The minimum absolute atomic E-state index is 0. The molecule has 6 nitrogen and oxygen atoms in total. The summed E-state index contributed by atoms with van der Waals surface area (Å²) in [4.78, 5) is 12.4. The lowest BCUT2D eigenvalue weighted by atomic mass is 10.1. The highest BCUT2D eigenvalue weighted by atomic mass is 35.5. The number of hydrogen-bond donors (Lipinski definition) is 2. The molecule has 1 aromatic heterocycles. The minimum atomic E-state index is -0.136. The smallest absolute Gasteiger partial charge is 0.255 e. The quantitative estimate of drug-likeness (QED) is 0.701. The molecule has 28 heavy (non-hydrogen) atoms. The first-order valence-corrected chi connectivity index (χ1v) is 9.37. The zero-order valence-corrected chi connectivity index (χ0v) is 16.4. The second kappa shape index (κ2) is 8.99. The number of carbonyl (C=O) groups excluding carboxylic acids is 1. The van der Waals surface area contributed by atoms with Gasteiger partial charge in [0.05, 0.1) is 0 Å². The second-order valence-corrected chi connectivity index (χ2v) is 6.83. The highest BCUT2D eigenvalue weighted by molar-refractivity contribution is 6.04. The molecule has 0 aliphatic carbocycles. The first-order valence-electron chi connectivity index (χ1n) is 9.37. The fraction of sp³-hybridized carbons (Fsp3) is 0.286. The normalized spacial score (nSPS) is 13.2. The van der Waals surface area contributed by atoms with Crippen LogP contribution in [0.15, 0.2) is 48.5 Å². The first-order chi connectivity index (χ1) is 13.2. The van der Waals surface area contributed by atoms with Gasteiger partial charge in [0.2, 0.25) is 0 Å². The lowest BCUT2D eigenvalue weighted by molar-refractivity contribution is 0.102. The Balaban J connectivity index is 0.00000225. The van der Waals surface area contributed by atoms with Gasteiger partial charge in [0, 0.05) is 36.3 Å². The summed E-state index contributed by atoms with van der Waals surface area (Å²) in [6.45, 7) is 1.44. The second-order valence-electron chi connectivity index (χ2n) is 6.83. The van der Waals surface area contributed by atoms with Crippen LogP contribution in [-0.2, 0) is 19.5 Å². The molecule has 0 saturated carbocycles. The van der Waals surface area contributed by atoms with E-state index in [-0.39, 0.29) is 18.3 Å². The summed E-state index contributed by atoms with van der Waals surface area (Å²) < 4.78 is 2.22. The Morgan fingerprint density at radius 3 is 2.46 bits per heavy atom. The van der Waals surface area contributed by atoms with Crippen molar-refractivity contribution in [1.29, 1.82) is 0 Å². The van der Waals surface area contributed by atoms with E-state index in [2.05, 4.69) is 20.1 Å². The van der Waals surface area contributed by atoms with Crippen LogP contribution in [-0.4, -0.2) is 20.7 Å². The summed E-state index contributed by atoms with van der Waals surface area (Å²) in [5.41, 5.74) is 8.97. The van der Waals surface area contributed by atoms with Crippen molar-refractivity contribution in [3.8, 4) is 11.4 Å². The number of amides is 1. The van der Waals surface area contributed by atoms with Crippen LogP contribution >= 0.6 is 12.4 Å². The number of fused-ring (bicyclic) bond motifs is 1. The van der Waals surface area contributed by atoms with E-state index in [4.69, 9.17) is 5.73 Å². The van der Waals surface area contributed by atoms with Crippen LogP contribution < -0.4 is 11.1 Å². The predicted octanol–water partition coefficient (Wildman–Crippen LogP) is 3.80. The van der Waals surface area contributed by atoms with Gasteiger partial charge in [-0.2, -0.15) is 0 Å². The van der Waals surface area contributed by atoms with E-state index in [1.165, 1.54) is 12.8 Å². The molecule has 4 rings (SSSR count). The molecule has 0 atom stereocenters. The molecular formula is C21H24ClN5O. The fourth-order valence-corrected chi connectivity index (χ4v) is 3.40. The summed E-state index contributed by atoms with van der Waals surface area (Å²) >= 11 is 0. The number of rotatable bonds is 4. The van der Waals surface area contributed by atoms with Crippen LogP contribution in [0.1, 0.15) is 41.0 Å². The van der Waals surface area contributed by atoms with E-state index in [1.807, 2.05) is 36.4 Å². The Hall–Kier alpha value is -2.70. The Morgan fingerprint density at radius 1 is 1.00 bits per heavy atom. The maximum atomic E-state index is 12.4. The lowest BCUT2D eigenvalue weighted by Crippen LogP contribution is -2.12. The molecule has 0 saturated heterocycles. The number of carbonyl (C=O) groups is 1. The largest absolute Gasteiger partial charge is 0.326 e. The number of nitrogens with zero attached hydrogens (tertiary/aromatic N) is 3. The van der Waals surface area contributed by atoms with Crippen molar-refractivity contribution in [2.45, 2.75) is 38.8 Å². The van der Waals surface area contributed by atoms with Crippen molar-refractivity contribution in [3.63, 3.8) is 0 Å². The van der Waals surface area contributed by atoms with E-state index in [0.717, 1.165) is 47.8 Å². The average molecular weight is 398 g/mol. The van der Waals surface area contributed by atoms with Gasteiger partial charge in [0.15, 0.2) is 5.82 Å². The van der Waals surface area contributed by atoms with Crippen LogP contribution in [0, 0.1) is 0 Å². The summed E-state index contributed by atoms with van der Waals surface area (Å²) in [7, 11) is 0. The standard InChI is InChI=1S/C21H23N5O.ClH/c22-14-15-5-7-17(8-6-15)21(27)23-18-11-9-16(10-12-18)20-25-24-19-4-2-1-3-13-26(19)20;/h5-12H,1-4,13-14,22H2,(H,23,27);1H. The zero-order chi connectivity index (χ0) is 18.6. The number of halogens is 1. The number of hydrogen-bond acceptors (Lipinski definition) is 4. The molecule has 1 aliphatic rings. The monoisotopic (exact) mass is 397 g/mol. The SMILES string of the molecule is Cl.NCc1ccc(C(=O)Nc2ccc(-c3nnc4n3CCCCC4)cc2)cc1. The molecule has 1 aliphatic heterocycles. The lowest BCUT2D eigenvalue weighted by Gasteiger charge is -2.09. The van der Waals surface area contributed by atoms with Crippen LogP contribution in [0.2, 0.25) is 0 Å². The topological polar surface area (TPSA) is 85.8 Å². The molecule has 3 N–H and O–H groups in total. The number of benzene rings is 2. The van der Waals surface area contributed by atoms with E-state index in [0.29, 0.717) is 12.1 Å². The summed E-state index contributed by atoms with van der Waals surface area (Å²) in [6.07, 6.45) is 4.56. The third kappa shape index (κ3) is 4.24. The van der Waals surface area contributed by atoms with Gasteiger partial charge in [-0.05, 0) is 54.8 Å². The Morgan fingerprint density at radius 2 is 1.75 bits per heavy atom. The van der Waals surface area contributed by atoms with E-state index < -0.39 is 0 Å². The van der Waals surface area contributed by atoms with Gasteiger partial charge in [-0.3, -0.25) is 4.79 Å². The van der Waals surface area contributed by atoms with Crippen molar-refractivity contribution < 1.29 is 4.79 Å². The van der Waals surface area contributed by atoms with Crippen LogP contribution in [0.5, 0.6) is 0 Å². The van der Waals surface area contributed by atoms with Crippen LogP contribution in [0.3, 0.4) is 0 Å². The highest BCUT2D eigenvalue weighted by Gasteiger charge is 2.16. The van der Waals surface area contributed by atoms with Gasteiger partial charge < -0.3 is 15.6 Å². The van der Waals surface area contributed by atoms with Crippen LogP contribution in [0.4, 0.5) is 5.69 Å². The van der Waals surface area contributed by atoms with Gasteiger partial charge in [0.25, 0.3) is 5.91 Å². The molecule has 1 amide bonds. The summed E-state index contributed by atoms with van der Waals surface area (Å²) in [5.74, 6) is 1.84. The van der Waals surface area contributed by atoms with Gasteiger partial charge >= 0.3 is 0 Å². The predicted molar refractivity (Wildman–Crippen MR) is 113 cm³/mol. The molecule has 0 bridgehead atoms. The van der Waals surface area contributed by atoms with Gasteiger partial charge in [-0.1, -0.05) is 18.6 Å². The maximum absolute atomic E-state index is 12.4. The van der Waals surface area contributed by atoms with Gasteiger partial charge in [0.1, 0.15) is 5.82 Å². The molecular weight excluding hydrogens is 374 g/mol. The maximum Gasteiger partial charge on any atom is 0.255 e. The molecule has 2 heterocycles. The number of aromatic nitrogens is 3. The molecule has 146 valence electrons. The third-order valence-electron chi connectivity index (χ3n) is 4.96. The van der Waals surface area contributed by atoms with Gasteiger partial charge in [-0.15, -0.1) is 22.6 Å². The Bertz CT molecular complexity index is 934. The zero-order valence-electron chi connectivity index (χ0n) is 15.6. The van der Waals surface area contributed by atoms with Crippen molar-refractivity contribution in [1.82, 2.24) is 14.8 Å².